The number of nitrogens with zero attached hydrogens (tertiary/aromatic N) is 5. The van der Waals surface area contributed by atoms with Crippen LogP contribution in [0.1, 0.15) is 25.6 Å². The molecule has 2 heterocycles. The van der Waals surface area contributed by atoms with Crippen LogP contribution in [-0.2, 0) is 7.05 Å². The zero-order valence-corrected chi connectivity index (χ0v) is 8.30. The van der Waals surface area contributed by atoms with Crippen molar-refractivity contribution in [2.45, 2.75) is 25.8 Å². The maximum absolute atomic E-state index is 4.19. The number of tetrazole rings is 1. The molecule has 0 spiro atoms. The fourth-order valence-electron chi connectivity index (χ4n) is 1.56. The molecule has 5 heteroatoms. The molecule has 1 aliphatic rings. The number of likely N-dealkylation sites (tertiary alicyclic amines) is 1. The molecule has 2 rings (SSSR count). The summed E-state index contributed by atoms with van der Waals surface area (Å²) in [6.45, 7) is 6.56. The molecule has 72 valence electrons. The van der Waals surface area contributed by atoms with Crippen LogP contribution in [0, 0.1) is 0 Å². The molecule has 0 unspecified atom stereocenters. The van der Waals surface area contributed by atoms with Crippen molar-refractivity contribution < 1.29 is 0 Å². The number of hydrogen-bond acceptors (Lipinski definition) is 4. The van der Waals surface area contributed by atoms with Gasteiger partial charge in [0.05, 0.1) is 7.05 Å². The van der Waals surface area contributed by atoms with Gasteiger partial charge in [-0.2, -0.15) is 4.80 Å². The van der Waals surface area contributed by atoms with Crippen LogP contribution in [0.3, 0.4) is 0 Å². The molecular formula is C8H15N5. The van der Waals surface area contributed by atoms with Gasteiger partial charge < -0.3 is 0 Å². The third kappa shape index (κ3) is 1.56. The first-order valence-corrected chi connectivity index (χ1v) is 4.64. The average molecular weight is 181 g/mol. The van der Waals surface area contributed by atoms with Gasteiger partial charge in [0, 0.05) is 25.0 Å². The zero-order chi connectivity index (χ0) is 9.42. The fourth-order valence-corrected chi connectivity index (χ4v) is 1.56. The van der Waals surface area contributed by atoms with E-state index < -0.39 is 0 Å². The van der Waals surface area contributed by atoms with E-state index in [1.165, 1.54) is 4.80 Å². The molecule has 1 aromatic rings. The van der Waals surface area contributed by atoms with Crippen LogP contribution in [0.2, 0.25) is 0 Å². The lowest BCUT2D eigenvalue weighted by Gasteiger charge is -2.40. The van der Waals surface area contributed by atoms with Crippen molar-refractivity contribution in [3.05, 3.63) is 5.82 Å². The molecule has 1 aromatic heterocycles. The highest BCUT2D eigenvalue weighted by atomic mass is 15.6. The Kier molecular flexibility index (Phi) is 2.03. The van der Waals surface area contributed by atoms with Crippen LogP contribution < -0.4 is 0 Å². The number of rotatable bonds is 2. The van der Waals surface area contributed by atoms with Crippen molar-refractivity contribution >= 4 is 0 Å². The number of aryl methyl sites for hydroxylation is 1. The summed E-state index contributed by atoms with van der Waals surface area (Å²) < 4.78 is 0. The first-order chi connectivity index (χ1) is 6.16. The summed E-state index contributed by atoms with van der Waals surface area (Å²) in [4.78, 5) is 3.92. The molecule has 1 aliphatic heterocycles. The predicted molar refractivity (Wildman–Crippen MR) is 48.2 cm³/mol. The van der Waals surface area contributed by atoms with Crippen molar-refractivity contribution in [2.24, 2.45) is 7.05 Å². The van der Waals surface area contributed by atoms with Crippen LogP contribution in [0.25, 0.3) is 0 Å². The predicted octanol–water partition coefficient (Wildman–Crippen LogP) is 0.0177. The fraction of sp³-hybridized carbons (Fsp3) is 0.875. The van der Waals surface area contributed by atoms with Crippen LogP contribution >= 0.6 is 0 Å². The van der Waals surface area contributed by atoms with Gasteiger partial charge in [-0.3, -0.25) is 4.90 Å². The van der Waals surface area contributed by atoms with Crippen molar-refractivity contribution in [3.8, 4) is 0 Å². The second-order valence-corrected chi connectivity index (χ2v) is 3.88. The minimum Gasteiger partial charge on any atom is -0.299 e. The largest absolute Gasteiger partial charge is 0.299 e. The first-order valence-electron chi connectivity index (χ1n) is 4.64. The van der Waals surface area contributed by atoms with Gasteiger partial charge in [-0.25, -0.2) is 0 Å². The Labute approximate surface area is 77.7 Å². The highest BCUT2D eigenvalue weighted by molar-refractivity contribution is 5.01. The molecule has 0 aliphatic carbocycles. The molecule has 0 radical (unpaired) electrons. The van der Waals surface area contributed by atoms with Crippen LogP contribution in [0.15, 0.2) is 0 Å². The molecule has 0 N–H and O–H groups in total. The second kappa shape index (κ2) is 3.06. The molecule has 1 fully saturated rings. The number of hydrogen-bond donors (Lipinski definition) is 0. The highest BCUT2D eigenvalue weighted by Crippen LogP contribution is 2.25. The van der Waals surface area contributed by atoms with Gasteiger partial charge in [-0.15, -0.1) is 10.2 Å². The monoisotopic (exact) mass is 181 g/mol. The van der Waals surface area contributed by atoms with Gasteiger partial charge in [0.15, 0.2) is 5.82 Å². The van der Waals surface area contributed by atoms with E-state index in [0.29, 0.717) is 12.0 Å². The summed E-state index contributed by atoms with van der Waals surface area (Å²) in [5.74, 6) is 1.38. The second-order valence-electron chi connectivity index (χ2n) is 3.88. The van der Waals surface area contributed by atoms with Crippen molar-refractivity contribution in [3.63, 3.8) is 0 Å². The van der Waals surface area contributed by atoms with E-state index in [-0.39, 0.29) is 0 Å². The molecule has 0 aromatic carbocycles. The molecule has 13 heavy (non-hydrogen) atoms. The molecule has 0 amide bonds. The van der Waals surface area contributed by atoms with Gasteiger partial charge in [0.25, 0.3) is 0 Å². The summed E-state index contributed by atoms with van der Waals surface area (Å²) in [5, 5.41) is 12.0. The van der Waals surface area contributed by atoms with Crippen molar-refractivity contribution in [1.82, 2.24) is 25.1 Å². The van der Waals surface area contributed by atoms with Gasteiger partial charge in [-0.1, -0.05) is 0 Å². The minimum atomic E-state index is 0.496. The third-order valence-corrected chi connectivity index (χ3v) is 2.53. The number of aromatic nitrogens is 4. The topological polar surface area (TPSA) is 46.8 Å². The van der Waals surface area contributed by atoms with Crippen LogP contribution in [-0.4, -0.2) is 44.2 Å². The summed E-state index contributed by atoms with van der Waals surface area (Å²) in [6.07, 6.45) is 0. The zero-order valence-electron chi connectivity index (χ0n) is 8.30. The Bertz CT molecular complexity index is 286. The summed E-state index contributed by atoms with van der Waals surface area (Å²) >= 11 is 0. The summed E-state index contributed by atoms with van der Waals surface area (Å²) in [7, 11) is 1.80. The molecule has 0 bridgehead atoms. The van der Waals surface area contributed by atoms with E-state index in [4.69, 9.17) is 0 Å². The van der Waals surface area contributed by atoms with Gasteiger partial charge in [0.1, 0.15) is 0 Å². The lowest BCUT2D eigenvalue weighted by atomic mass is 9.98. The van der Waals surface area contributed by atoms with E-state index in [0.717, 1.165) is 18.9 Å². The quantitative estimate of drug-likeness (QED) is 0.645. The molecule has 1 saturated heterocycles. The smallest absolute Gasteiger partial charge is 0.180 e. The Morgan fingerprint density at radius 3 is 2.54 bits per heavy atom. The average Bonchev–Trinajstić information content (AvgIpc) is 2.31. The van der Waals surface area contributed by atoms with Crippen molar-refractivity contribution in [2.75, 3.05) is 13.1 Å². The van der Waals surface area contributed by atoms with E-state index in [1.54, 1.807) is 7.05 Å². The summed E-state index contributed by atoms with van der Waals surface area (Å²) in [5.41, 5.74) is 0. The Morgan fingerprint density at radius 2 is 2.08 bits per heavy atom. The molecule has 0 atom stereocenters. The van der Waals surface area contributed by atoms with E-state index >= 15 is 0 Å². The van der Waals surface area contributed by atoms with Crippen molar-refractivity contribution in [1.29, 1.82) is 0 Å². The third-order valence-electron chi connectivity index (χ3n) is 2.53. The lowest BCUT2D eigenvalue weighted by Crippen LogP contribution is -2.49. The maximum atomic E-state index is 4.19. The SMILES string of the molecule is CC(C)N1CC(c2nnn(C)n2)C1. The molecular weight excluding hydrogens is 166 g/mol. The molecule has 0 saturated carbocycles. The van der Waals surface area contributed by atoms with Crippen LogP contribution in [0.4, 0.5) is 0 Å². The highest BCUT2D eigenvalue weighted by Gasteiger charge is 2.32. The first kappa shape index (κ1) is 8.62. The standard InChI is InChI=1S/C8H15N5/c1-6(2)13-4-7(5-13)8-9-11-12(3)10-8/h6-7H,4-5H2,1-3H3. The normalized spacial score (nSPS) is 19.4. The summed E-state index contributed by atoms with van der Waals surface area (Å²) in [6, 6.07) is 0.632. The van der Waals surface area contributed by atoms with Gasteiger partial charge >= 0.3 is 0 Å². The Hall–Kier alpha value is -0.970. The minimum absolute atomic E-state index is 0.496. The van der Waals surface area contributed by atoms with Crippen LogP contribution in [0.5, 0.6) is 0 Å². The molecule has 5 nitrogen and oxygen atoms in total. The Morgan fingerprint density at radius 1 is 1.38 bits per heavy atom. The maximum Gasteiger partial charge on any atom is 0.180 e. The van der Waals surface area contributed by atoms with E-state index in [1.807, 2.05) is 0 Å². The lowest BCUT2D eigenvalue weighted by molar-refractivity contribution is 0.105. The Balaban J connectivity index is 1.93. The van der Waals surface area contributed by atoms with Gasteiger partial charge in [-0.05, 0) is 19.1 Å². The van der Waals surface area contributed by atoms with E-state index in [2.05, 4.69) is 34.2 Å². The van der Waals surface area contributed by atoms with E-state index in [9.17, 15) is 0 Å². The van der Waals surface area contributed by atoms with Gasteiger partial charge in [0.2, 0.25) is 0 Å².